The van der Waals surface area contributed by atoms with Gasteiger partial charge < -0.3 is 14.5 Å². The van der Waals surface area contributed by atoms with Crippen LogP contribution in [0.1, 0.15) is 40.2 Å². The third-order valence-electron chi connectivity index (χ3n) is 6.17. The Hall–Kier alpha value is -3.09. The second kappa shape index (κ2) is 7.63. The van der Waals surface area contributed by atoms with Crippen LogP contribution in [0.25, 0.3) is 0 Å². The number of amides is 2. The Balaban J connectivity index is 1.21. The number of carbonyl (C=O) groups excluding carboxylic acids is 2. The van der Waals surface area contributed by atoms with E-state index in [9.17, 15) is 9.59 Å². The van der Waals surface area contributed by atoms with E-state index in [1.165, 1.54) is 24.0 Å². The number of carbonyl (C=O) groups is 2. The average molecular weight is 406 g/mol. The fourth-order valence-corrected chi connectivity index (χ4v) is 4.28. The molecule has 1 saturated carbocycles. The van der Waals surface area contributed by atoms with Crippen LogP contribution in [0.4, 0.5) is 16.3 Å². The predicted molar refractivity (Wildman–Crippen MR) is 114 cm³/mol. The number of ether oxygens (including phenoxy) is 1. The largest absolute Gasteiger partial charge is 0.447 e. The van der Waals surface area contributed by atoms with Gasteiger partial charge >= 0.3 is 6.09 Å². The van der Waals surface area contributed by atoms with Gasteiger partial charge in [-0.3, -0.25) is 9.69 Å². The lowest BCUT2D eigenvalue weighted by atomic mass is 10.1. The van der Waals surface area contributed by atoms with Crippen LogP contribution in [-0.2, 0) is 4.74 Å². The van der Waals surface area contributed by atoms with Gasteiger partial charge in [-0.05, 0) is 61.1 Å². The van der Waals surface area contributed by atoms with Crippen molar-refractivity contribution in [1.82, 2.24) is 9.88 Å². The second-order valence-electron chi connectivity index (χ2n) is 8.28. The average Bonchev–Trinajstić information content (AvgIpc) is 3.54. The molecule has 0 bridgehead atoms. The Morgan fingerprint density at radius 2 is 1.80 bits per heavy atom. The number of piperazine rings is 1. The Bertz CT molecular complexity index is 963. The maximum atomic E-state index is 12.9. The van der Waals surface area contributed by atoms with E-state index in [-0.39, 0.29) is 12.0 Å². The first kappa shape index (κ1) is 18.9. The van der Waals surface area contributed by atoms with Crippen LogP contribution in [0.15, 0.2) is 36.5 Å². The molecule has 156 valence electrons. The van der Waals surface area contributed by atoms with Crippen LogP contribution in [0.5, 0.6) is 0 Å². The molecule has 0 radical (unpaired) electrons. The topological polar surface area (TPSA) is 66.0 Å². The number of rotatable bonds is 4. The van der Waals surface area contributed by atoms with E-state index in [1.807, 2.05) is 23.2 Å². The Kier molecular flexibility index (Phi) is 4.81. The van der Waals surface area contributed by atoms with Gasteiger partial charge in [-0.25, -0.2) is 9.78 Å². The number of hydrogen-bond donors (Lipinski definition) is 0. The highest BCUT2D eigenvalue weighted by Gasteiger charge is 2.27. The first-order valence-electron chi connectivity index (χ1n) is 10.7. The highest BCUT2D eigenvalue weighted by molar-refractivity contribution is 5.96. The van der Waals surface area contributed by atoms with E-state index in [0.29, 0.717) is 37.7 Å². The molecule has 5 rings (SSSR count). The molecule has 7 nitrogen and oxygen atoms in total. The predicted octanol–water partition coefficient (Wildman–Crippen LogP) is 3.19. The lowest BCUT2D eigenvalue weighted by Crippen LogP contribution is -2.49. The minimum atomic E-state index is -0.334. The monoisotopic (exact) mass is 406 g/mol. The molecular weight excluding hydrogens is 380 g/mol. The number of aromatic nitrogens is 1. The lowest BCUT2D eigenvalue weighted by molar-refractivity contribution is 0.0746. The van der Waals surface area contributed by atoms with Gasteiger partial charge in [0.25, 0.3) is 5.91 Å². The fourth-order valence-electron chi connectivity index (χ4n) is 4.28. The summed E-state index contributed by atoms with van der Waals surface area (Å²) in [4.78, 5) is 35.1. The number of cyclic esters (lactones) is 1. The van der Waals surface area contributed by atoms with Crippen molar-refractivity contribution in [3.05, 3.63) is 53.2 Å². The molecule has 2 saturated heterocycles. The normalized spacial score (nSPS) is 19.2. The molecule has 0 N–H and O–H groups in total. The third-order valence-corrected chi connectivity index (χ3v) is 6.17. The molecule has 3 heterocycles. The zero-order chi connectivity index (χ0) is 20.7. The van der Waals surface area contributed by atoms with Crippen molar-refractivity contribution in [2.45, 2.75) is 25.7 Å². The Morgan fingerprint density at radius 1 is 1.07 bits per heavy atom. The number of aryl methyl sites for hydroxylation is 1. The summed E-state index contributed by atoms with van der Waals surface area (Å²) in [5.74, 6) is 1.77. The standard InChI is InChI=1S/C23H26N4O3/c1-16-14-19(17-2-3-17)15-24-21(16)25-8-10-26(11-9-25)22(28)18-4-6-20(7-5-18)27-12-13-30-23(27)29/h4-7,14-15,17H,2-3,8-13H2,1H3. The van der Waals surface area contributed by atoms with Crippen molar-refractivity contribution >= 4 is 23.5 Å². The highest BCUT2D eigenvalue weighted by Crippen LogP contribution is 2.40. The van der Waals surface area contributed by atoms with E-state index in [0.717, 1.165) is 24.6 Å². The van der Waals surface area contributed by atoms with Crippen LogP contribution < -0.4 is 9.80 Å². The SMILES string of the molecule is Cc1cc(C2CC2)cnc1N1CCN(C(=O)c2ccc(N3CCOC3=O)cc2)CC1. The molecule has 2 aliphatic heterocycles. The van der Waals surface area contributed by atoms with Gasteiger partial charge in [-0.15, -0.1) is 0 Å². The Labute approximate surface area is 176 Å². The summed E-state index contributed by atoms with van der Waals surface area (Å²) in [5.41, 5.74) is 3.98. The number of pyridine rings is 1. The lowest BCUT2D eigenvalue weighted by Gasteiger charge is -2.36. The summed E-state index contributed by atoms with van der Waals surface area (Å²) in [6, 6.07) is 9.47. The zero-order valence-corrected chi connectivity index (χ0v) is 17.2. The smallest absolute Gasteiger partial charge is 0.414 e. The highest BCUT2D eigenvalue weighted by atomic mass is 16.6. The van der Waals surface area contributed by atoms with Crippen LogP contribution in [0.2, 0.25) is 0 Å². The second-order valence-corrected chi connectivity index (χ2v) is 8.28. The fraction of sp³-hybridized carbons (Fsp3) is 0.435. The summed E-state index contributed by atoms with van der Waals surface area (Å²) in [5, 5.41) is 0. The number of benzene rings is 1. The van der Waals surface area contributed by atoms with Crippen molar-refractivity contribution in [3.63, 3.8) is 0 Å². The molecule has 1 aromatic heterocycles. The van der Waals surface area contributed by atoms with E-state index in [1.54, 1.807) is 17.0 Å². The van der Waals surface area contributed by atoms with Crippen LogP contribution in [0.3, 0.4) is 0 Å². The minimum Gasteiger partial charge on any atom is -0.447 e. The van der Waals surface area contributed by atoms with E-state index in [4.69, 9.17) is 9.72 Å². The van der Waals surface area contributed by atoms with Gasteiger partial charge in [-0.1, -0.05) is 6.07 Å². The van der Waals surface area contributed by atoms with E-state index >= 15 is 0 Å². The maximum Gasteiger partial charge on any atom is 0.414 e. The molecule has 30 heavy (non-hydrogen) atoms. The molecule has 3 fully saturated rings. The van der Waals surface area contributed by atoms with Crippen molar-refractivity contribution in [2.24, 2.45) is 0 Å². The molecule has 2 amide bonds. The summed E-state index contributed by atoms with van der Waals surface area (Å²) in [6.45, 7) is 5.98. The first-order chi connectivity index (χ1) is 14.6. The number of hydrogen-bond acceptors (Lipinski definition) is 5. The van der Waals surface area contributed by atoms with E-state index in [2.05, 4.69) is 17.9 Å². The molecule has 0 atom stereocenters. The van der Waals surface area contributed by atoms with Crippen LogP contribution in [0, 0.1) is 6.92 Å². The summed E-state index contributed by atoms with van der Waals surface area (Å²) >= 11 is 0. The van der Waals surface area contributed by atoms with Gasteiger partial charge in [0.1, 0.15) is 12.4 Å². The van der Waals surface area contributed by atoms with Crippen LogP contribution >= 0.6 is 0 Å². The van der Waals surface area contributed by atoms with E-state index < -0.39 is 0 Å². The van der Waals surface area contributed by atoms with Gasteiger partial charge in [-0.2, -0.15) is 0 Å². The number of anilines is 2. The Morgan fingerprint density at radius 3 is 2.40 bits per heavy atom. The van der Waals surface area contributed by atoms with Gasteiger partial charge in [0.05, 0.1) is 6.54 Å². The minimum absolute atomic E-state index is 0.0268. The summed E-state index contributed by atoms with van der Waals surface area (Å²) in [7, 11) is 0. The number of nitrogens with zero attached hydrogens (tertiary/aromatic N) is 4. The molecule has 3 aliphatic rings. The molecule has 7 heteroatoms. The molecule has 0 spiro atoms. The van der Waals surface area contributed by atoms with Gasteiger partial charge in [0.2, 0.25) is 0 Å². The first-order valence-corrected chi connectivity index (χ1v) is 10.7. The molecule has 0 unspecified atom stereocenters. The van der Waals surface area contributed by atoms with Crippen LogP contribution in [-0.4, -0.2) is 61.2 Å². The van der Waals surface area contributed by atoms with Gasteiger partial charge in [0, 0.05) is 43.6 Å². The molecule has 2 aromatic rings. The third kappa shape index (κ3) is 3.60. The quantitative estimate of drug-likeness (QED) is 0.780. The van der Waals surface area contributed by atoms with Crippen molar-refractivity contribution in [3.8, 4) is 0 Å². The molecular formula is C23H26N4O3. The molecule has 1 aliphatic carbocycles. The van der Waals surface area contributed by atoms with Crippen molar-refractivity contribution in [1.29, 1.82) is 0 Å². The van der Waals surface area contributed by atoms with Gasteiger partial charge in [0.15, 0.2) is 0 Å². The maximum absolute atomic E-state index is 12.9. The van der Waals surface area contributed by atoms with Crippen molar-refractivity contribution in [2.75, 3.05) is 49.1 Å². The zero-order valence-electron chi connectivity index (χ0n) is 17.2. The molecule has 1 aromatic carbocycles. The summed E-state index contributed by atoms with van der Waals surface area (Å²) in [6.07, 6.45) is 4.25. The summed E-state index contributed by atoms with van der Waals surface area (Å²) < 4.78 is 4.97. The van der Waals surface area contributed by atoms with Crippen molar-refractivity contribution < 1.29 is 14.3 Å².